The molecule has 0 saturated heterocycles. The van der Waals surface area contributed by atoms with Crippen LogP contribution >= 0.6 is 0 Å². The van der Waals surface area contributed by atoms with Crippen LogP contribution in [-0.2, 0) is 0 Å². The van der Waals surface area contributed by atoms with Gasteiger partial charge in [0.15, 0.2) is 0 Å². The van der Waals surface area contributed by atoms with Gasteiger partial charge in [-0.25, -0.2) is 4.98 Å². The summed E-state index contributed by atoms with van der Waals surface area (Å²) in [7, 11) is 1.49. The first-order valence-corrected chi connectivity index (χ1v) is 7.71. The van der Waals surface area contributed by atoms with Crippen LogP contribution in [0.25, 0.3) is 11.3 Å². The average molecular weight is 335 g/mol. The number of nitroso groups, excluding NO2 is 1. The number of benzene rings is 1. The van der Waals surface area contributed by atoms with Gasteiger partial charge in [0.05, 0.1) is 31.2 Å². The van der Waals surface area contributed by atoms with E-state index in [1.807, 2.05) is 25.3 Å². The number of ether oxygens (including phenoxy) is 1. The lowest BCUT2D eigenvalue weighted by Gasteiger charge is -2.15. The largest absolute Gasteiger partial charge is 0.494 e. The molecule has 3 rings (SSSR count). The molecule has 126 valence electrons. The van der Waals surface area contributed by atoms with Gasteiger partial charge < -0.3 is 10.1 Å². The number of hydrogen-bond donors (Lipinski definition) is 1. The van der Waals surface area contributed by atoms with E-state index in [1.54, 1.807) is 36.8 Å². The minimum atomic E-state index is 0.0365. The van der Waals surface area contributed by atoms with Crippen molar-refractivity contribution >= 4 is 11.5 Å². The van der Waals surface area contributed by atoms with Crippen LogP contribution in [0.1, 0.15) is 18.5 Å². The summed E-state index contributed by atoms with van der Waals surface area (Å²) in [5, 5.41) is 6.24. The molecule has 1 atom stereocenters. The van der Waals surface area contributed by atoms with Crippen molar-refractivity contribution in [2.75, 3.05) is 12.4 Å². The Balaban J connectivity index is 1.85. The van der Waals surface area contributed by atoms with E-state index in [0.29, 0.717) is 17.3 Å². The van der Waals surface area contributed by atoms with Crippen LogP contribution < -0.4 is 10.1 Å². The van der Waals surface area contributed by atoms with Crippen LogP contribution in [0.2, 0.25) is 0 Å². The van der Waals surface area contributed by atoms with E-state index in [1.165, 1.54) is 7.11 Å². The molecule has 1 N–H and O–H groups in total. The van der Waals surface area contributed by atoms with Gasteiger partial charge in [-0.05, 0) is 35.9 Å². The number of methoxy groups -OCH3 is 1. The lowest BCUT2D eigenvalue weighted by molar-refractivity contribution is 0.416. The van der Waals surface area contributed by atoms with Gasteiger partial charge in [-0.15, -0.1) is 4.91 Å². The highest BCUT2D eigenvalue weighted by molar-refractivity contribution is 5.67. The van der Waals surface area contributed by atoms with Crippen molar-refractivity contribution in [1.29, 1.82) is 0 Å². The topological polar surface area (TPSA) is 89.4 Å². The lowest BCUT2D eigenvalue weighted by Crippen LogP contribution is -2.08. The fourth-order valence-electron chi connectivity index (χ4n) is 2.42. The number of aromatic nitrogens is 3. The molecule has 0 amide bonds. The number of rotatable bonds is 6. The summed E-state index contributed by atoms with van der Waals surface area (Å²) < 4.78 is 5.19. The third-order valence-electron chi connectivity index (χ3n) is 3.76. The number of hydrogen-bond acceptors (Lipinski definition) is 7. The van der Waals surface area contributed by atoms with Crippen LogP contribution in [0.15, 0.2) is 60.3 Å². The van der Waals surface area contributed by atoms with Gasteiger partial charge in [0.25, 0.3) is 0 Å². The molecule has 2 heterocycles. The average Bonchev–Trinajstić information content (AvgIpc) is 2.68. The Labute approximate surface area is 145 Å². The molecule has 0 aliphatic rings. The summed E-state index contributed by atoms with van der Waals surface area (Å²) in [6, 6.07) is 9.01. The van der Waals surface area contributed by atoms with E-state index in [0.717, 1.165) is 11.1 Å². The summed E-state index contributed by atoms with van der Waals surface area (Å²) in [6.07, 6.45) is 6.87. The van der Waals surface area contributed by atoms with E-state index in [9.17, 15) is 4.91 Å². The van der Waals surface area contributed by atoms with Gasteiger partial charge in [-0.1, -0.05) is 12.1 Å². The van der Waals surface area contributed by atoms with Crippen LogP contribution in [0.4, 0.5) is 11.5 Å². The van der Waals surface area contributed by atoms with Gasteiger partial charge in [0.1, 0.15) is 17.3 Å². The van der Waals surface area contributed by atoms with E-state index < -0.39 is 0 Å². The van der Waals surface area contributed by atoms with E-state index >= 15 is 0 Å². The molecule has 25 heavy (non-hydrogen) atoms. The van der Waals surface area contributed by atoms with E-state index in [4.69, 9.17) is 4.74 Å². The molecular weight excluding hydrogens is 318 g/mol. The molecule has 7 heteroatoms. The first kappa shape index (κ1) is 16.5. The fourth-order valence-corrected chi connectivity index (χ4v) is 2.42. The maximum Gasteiger partial charge on any atom is 0.149 e. The fraction of sp³-hybridized carbons (Fsp3) is 0.167. The second kappa shape index (κ2) is 7.48. The standard InChI is InChI=1S/C18H17N5O2/c1-12(14-4-3-7-19-9-14)21-18-11-20-10-16(22-18)13-5-6-15(23-24)17(8-13)25-2/h3-12H,1-2H3,(H,21,22)/t12-/m0/s1. The minimum absolute atomic E-state index is 0.0365. The quantitative estimate of drug-likeness (QED) is 0.682. The summed E-state index contributed by atoms with van der Waals surface area (Å²) in [4.78, 5) is 23.7. The monoisotopic (exact) mass is 335 g/mol. The molecular formula is C18H17N5O2. The van der Waals surface area contributed by atoms with Gasteiger partial charge >= 0.3 is 0 Å². The van der Waals surface area contributed by atoms with Gasteiger partial charge in [-0.2, -0.15) is 0 Å². The van der Waals surface area contributed by atoms with Gasteiger partial charge in [0.2, 0.25) is 0 Å². The Kier molecular flexibility index (Phi) is 4.94. The van der Waals surface area contributed by atoms with E-state index in [2.05, 4.69) is 25.4 Å². The van der Waals surface area contributed by atoms with Crippen molar-refractivity contribution in [3.05, 3.63) is 65.6 Å². The van der Waals surface area contributed by atoms with Crippen molar-refractivity contribution in [2.45, 2.75) is 13.0 Å². The lowest BCUT2D eigenvalue weighted by atomic mass is 10.1. The van der Waals surface area contributed by atoms with E-state index in [-0.39, 0.29) is 11.7 Å². The molecule has 0 aliphatic heterocycles. The molecule has 0 fully saturated rings. The van der Waals surface area contributed by atoms with Crippen molar-refractivity contribution in [3.8, 4) is 17.0 Å². The molecule has 0 saturated carbocycles. The Morgan fingerprint density at radius 2 is 2.04 bits per heavy atom. The molecule has 2 aromatic heterocycles. The van der Waals surface area contributed by atoms with Gasteiger partial charge in [-0.3, -0.25) is 9.97 Å². The molecule has 0 bridgehead atoms. The Bertz CT molecular complexity index is 870. The summed E-state index contributed by atoms with van der Waals surface area (Å²) in [6.45, 7) is 2.03. The van der Waals surface area contributed by atoms with Crippen molar-refractivity contribution < 1.29 is 4.74 Å². The second-order valence-corrected chi connectivity index (χ2v) is 5.42. The molecule has 3 aromatic rings. The van der Waals surface area contributed by atoms with Crippen molar-refractivity contribution in [2.24, 2.45) is 5.18 Å². The zero-order chi connectivity index (χ0) is 17.6. The predicted molar refractivity (Wildman–Crippen MR) is 95.7 cm³/mol. The molecule has 0 unspecified atom stereocenters. The Morgan fingerprint density at radius 3 is 2.76 bits per heavy atom. The SMILES string of the molecule is COc1cc(-c2cncc(N[C@@H](C)c3cccnc3)n2)ccc1N=O. The van der Waals surface area contributed by atoms with Crippen LogP contribution in [-0.4, -0.2) is 22.1 Å². The number of anilines is 1. The second-order valence-electron chi connectivity index (χ2n) is 5.42. The normalized spacial score (nSPS) is 11.6. The molecule has 0 radical (unpaired) electrons. The van der Waals surface area contributed by atoms with Gasteiger partial charge in [0, 0.05) is 18.0 Å². The highest BCUT2D eigenvalue weighted by atomic mass is 16.5. The van der Waals surface area contributed by atoms with Crippen LogP contribution in [0, 0.1) is 4.91 Å². The Morgan fingerprint density at radius 1 is 1.16 bits per heavy atom. The highest BCUT2D eigenvalue weighted by Crippen LogP contribution is 2.32. The molecule has 0 aliphatic carbocycles. The summed E-state index contributed by atoms with van der Waals surface area (Å²) in [5.41, 5.74) is 2.75. The minimum Gasteiger partial charge on any atom is -0.494 e. The number of nitrogens with zero attached hydrogens (tertiary/aromatic N) is 4. The Hall–Kier alpha value is -3.35. The summed E-state index contributed by atoms with van der Waals surface area (Å²) >= 11 is 0. The maximum atomic E-state index is 10.8. The third-order valence-corrected chi connectivity index (χ3v) is 3.76. The predicted octanol–water partition coefficient (Wildman–Crippen LogP) is 4.12. The van der Waals surface area contributed by atoms with Crippen molar-refractivity contribution in [3.63, 3.8) is 0 Å². The molecule has 0 spiro atoms. The molecule has 1 aromatic carbocycles. The smallest absolute Gasteiger partial charge is 0.149 e. The van der Waals surface area contributed by atoms with Crippen molar-refractivity contribution in [1.82, 2.24) is 15.0 Å². The number of nitrogens with one attached hydrogen (secondary N) is 1. The summed E-state index contributed by atoms with van der Waals surface area (Å²) in [5.74, 6) is 1.04. The van der Waals surface area contributed by atoms with Crippen LogP contribution in [0.5, 0.6) is 5.75 Å². The molecule has 7 nitrogen and oxygen atoms in total. The first-order valence-electron chi connectivity index (χ1n) is 7.71. The zero-order valence-corrected chi connectivity index (χ0v) is 13.9. The highest BCUT2D eigenvalue weighted by Gasteiger charge is 2.10. The zero-order valence-electron chi connectivity index (χ0n) is 13.9. The maximum absolute atomic E-state index is 10.8. The van der Waals surface area contributed by atoms with Crippen LogP contribution in [0.3, 0.4) is 0 Å². The first-order chi connectivity index (χ1) is 12.2. The third kappa shape index (κ3) is 3.77. The number of pyridine rings is 1.